The van der Waals surface area contributed by atoms with Crippen LogP contribution in [0, 0.1) is 5.82 Å². The zero-order chi connectivity index (χ0) is 10.7. The highest BCUT2D eigenvalue weighted by Gasteiger charge is 2.05. The highest BCUT2D eigenvalue weighted by molar-refractivity contribution is 9.10. The van der Waals surface area contributed by atoms with Crippen LogP contribution in [-0.4, -0.2) is 10.2 Å². The van der Waals surface area contributed by atoms with Gasteiger partial charge in [-0.3, -0.25) is 0 Å². The maximum atomic E-state index is 13.3. The number of hydrogen-bond acceptors (Lipinski definition) is 4. The van der Waals surface area contributed by atoms with Gasteiger partial charge in [-0.05, 0) is 23.8 Å². The molecule has 0 spiro atoms. The molecular weight excluding hydrogens is 299 g/mol. The first kappa shape index (κ1) is 11.0. The number of aromatic nitrogens is 2. The summed E-state index contributed by atoms with van der Waals surface area (Å²) < 4.78 is 15.1. The summed E-state index contributed by atoms with van der Waals surface area (Å²) in [6, 6.07) is 4.93. The average Bonchev–Trinajstić information content (AvgIpc) is 2.72. The van der Waals surface area contributed by atoms with E-state index in [1.807, 2.05) is 0 Å². The Balaban J connectivity index is 2.07. The van der Waals surface area contributed by atoms with E-state index in [1.165, 1.54) is 29.2 Å². The first-order valence-electron chi connectivity index (χ1n) is 4.08. The van der Waals surface area contributed by atoms with Gasteiger partial charge in [-0.15, -0.1) is 10.2 Å². The first-order valence-corrected chi connectivity index (χ1v) is 6.74. The van der Waals surface area contributed by atoms with Crippen molar-refractivity contribution < 1.29 is 4.39 Å². The second kappa shape index (κ2) is 5.05. The zero-order valence-electron chi connectivity index (χ0n) is 7.48. The summed E-state index contributed by atoms with van der Waals surface area (Å²) in [6.45, 7) is 0. The minimum absolute atomic E-state index is 0.185. The number of benzene rings is 1. The van der Waals surface area contributed by atoms with Crippen LogP contribution in [0.15, 0.2) is 32.5 Å². The number of nitrogens with zero attached hydrogens (tertiary/aromatic N) is 2. The molecule has 6 heteroatoms. The molecule has 0 aliphatic heterocycles. The van der Waals surface area contributed by atoms with E-state index in [4.69, 9.17) is 0 Å². The lowest BCUT2D eigenvalue weighted by atomic mass is 10.2. The van der Waals surface area contributed by atoms with Gasteiger partial charge in [-0.1, -0.05) is 39.0 Å². The summed E-state index contributed by atoms with van der Waals surface area (Å²) in [7, 11) is 0. The smallest absolute Gasteiger partial charge is 0.174 e. The largest absolute Gasteiger partial charge is 0.207 e. The Morgan fingerprint density at radius 2 is 2.33 bits per heavy atom. The van der Waals surface area contributed by atoms with Gasteiger partial charge in [0.2, 0.25) is 0 Å². The molecular formula is C9H6BrFN2S2. The minimum atomic E-state index is -0.185. The van der Waals surface area contributed by atoms with Crippen LogP contribution in [0.1, 0.15) is 5.56 Å². The van der Waals surface area contributed by atoms with Gasteiger partial charge in [0, 0.05) is 10.2 Å². The van der Waals surface area contributed by atoms with E-state index < -0.39 is 0 Å². The predicted octanol–water partition coefficient (Wildman–Crippen LogP) is 3.73. The molecule has 1 heterocycles. The van der Waals surface area contributed by atoms with Crippen LogP contribution in [-0.2, 0) is 5.75 Å². The summed E-state index contributed by atoms with van der Waals surface area (Å²) >= 11 is 6.26. The molecule has 0 aliphatic carbocycles. The molecule has 0 aliphatic rings. The third kappa shape index (κ3) is 2.99. The van der Waals surface area contributed by atoms with Crippen molar-refractivity contribution in [3.05, 3.63) is 39.6 Å². The fourth-order valence-electron chi connectivity index (χ4n) is 1.02. The van der Waals surface area contributed by atoms with Gasteiger partial charge in [0.15, 0.2) is 4.34 Å². The van der Waals surface area contributed by atoms with E-state index >= 15 is 0 Å². The Labute approximate surface area is 103 Å². The van der Waals surface area contributed by atoms with E-state index in [2.05, 4.69) is 26.1 Å². The monoisotopic (exact) mass is 304 g/mol. The van der Waals surface area contributed by atoms with Crippen LogP contribution in [0.2, 0.25) is 0 Å². The summed E-state index contributed by atoms with van der Waals surface area (Å²) in [4.78, 5) is 0. The quantitative estimate of drug-likeness (QED) is 0.808. The highest BCUT2D eigenvalue weighted by Crippen LogP contribution is 2.26. The van der Waals surface area contributed by atoms with E-state index in [0.29, 0.717) is 11.3 Å². The minimum Gasteiger partial charge on any atom is -0.207 e. The number of hydrogen-bond donors (Lipinski definition) is 0. The Morgan fingerprint density at radius 3 is 3.07 bits per heavy atom. The molecule has 0 fully saturated rings. The van der Waals surface area contributed by atoms with Gasteiger partial charge < -0.3 is 0 Å². The molecule has 1 aromatic heterocycles. The van der Waals surface area contributed by atoms with Crippen molar-refractivity contribution in [3.8, 4) is 0 Å². The molecule has 0 saturated carbocycles. The molecule has 2 rings (SSSR count). The Bertz CT molecular complexity index is 447. The topological polar surface area (TPSA) is 25.8 Å². The number of halogens is 2. The van der Waals surface area contributed by atoms with Crippen molar-refractivity contribution in [2.75, 3.05) is 0 Å². The standard InChI is InChI=1S/C9H6BrFN2S2/c10-7-1-2-8(11)6(3-7)4-14-9-13-12-5-15-9/h1-3,5H,4H2. The second-order valence-corrected chi connectivity index (χ2v) is 5.70. The Morgan fingerprint density at radius 1 is 1.47 bits per heavy atom. The fourth-order valence-corrected chi connectivity index (χ4v) is 2.89. The van der Waals surface area contributed by atoms with Crippen molar-refractivity contribution in [2.24, 2.45) is 0 Å². The lowest BCUT2D eigenvalue weighted by molar-refractivity contribution is 0.617. The average molecular weight is 305 g/mol. The zero-order valence-corrected chi connectivity index (χ0v) is 10.7. The molecule has 0 amide bonds. The van der Waals surface area contributed by atoms with Crippen molar-refractivity contribution in [2.45, 2.75) is 10.1 Å². The third-order valence-electron chi connectivity index (χ3n) is 1.70. The van der Waals surface area contributed by atoms with Gasteiger partial charge in [0.05, 0.1) is 0 Å². The molecule has 78 valence electrons. The Kier molecular flexibility index (Phi) is 3.71. The van der Waals surface area contributed by atoms with Gasteiger partial charge in [-0.25, -0.2) is 4.39 Å². The van der Waals surface area contributed by atoms with Crippen LogP contribution in [0.25, 0.3) is 0 Å². The highest BCUT2D eigenvalue weighted by atomic mass is 79.9. The molecule has 0 atom stereocenters. The fraction of sp³-hybridized carbons (Fsp3) is 0.111. The lowest BCUT2D eigenvalue weighted by Gasteiger charge is -2.01. The van der Waals surface area contributed by atoms with E-state index in [9.17, 15) is 4.39 Å². The maximum absolute atomic E-state index is 13.3. The van der Waals surface area contributed by atoms with Crippen LogP contribution >= 0.6 is 39.0 Å². The molecule has 0 N–H and O–H groups in total. The van der Waals surface area contributed by atoms with Crippen LogP contribution < -0.4 is 0 Å². The van der Waals surface area contributed by atoms with Gasteiger partial charge in [0.1, 0.15) is 11.3 Å². The predicted molar refractivity (Wildman–Crippen MR) is 63.6 cm³/mol. The van der Waals surface area contributed by atoms with Crippen LogP contribution in [0.4, 0.5) is 4.39 Å². The van der Waals surface area contributed by atoms with E-state index in [1.54, 1.807) is 17.6 Å². The first-order chi connectivity index (χ1) is 7.25. The summed E-state index contributed by atoms with van der Waals surface area (Å²) in [5, 5.41) is 7.60. The normalized spacial score (nSPS) is 10.5. The molecule has 1 aromatic carbocycles. The molecule has 0 saturated heterocycles. The van der Waals surface area contributed by atoms with Gasteiger partial charge in [-0.2, -0.15) is 0 Å². The van der Waals surface area contributed by atoms with Gasteiger partial charge >= 0.3 is 0 Å². The molecule has 15 heavy (non-hydrogen) atoms. The summed E-state index contributed by atoms with van der Waals surface area (Å²) in [5.41, 5.74) is 2.34. The number of rotatable bonds is 3. The third-order valence-corrected chi connectivity index (χ3v) is 4.10. The number of thioether (sulfide) groups is 1. The summed E-state index contributed by atoms with van der Waals surface area (Å²) in [6.07, 6.45) is 0. The molecule has 0 radical (unpaired) electrons. The molecule has 2 nitrogen and oxygen atoms in total. The van der Waals surface area contributed by atoms with Crippen LogP contribution in [0.5, 0.6) is 0 Å². The maximum Gasteiger partial charge on any atom is 0.174 e. The molecule has 0 bridgehead atoms. The molecule has 0 unspecified atom stereocenters. The molecule has 2 aromatic rings. The van der Waals surface area contributed by atoms with Gasteiger partial charge in [0.25, 0.3) is 0 Å². The Hall–Kier alpha value is -0.460. The van der Waals surface area contributed by atoms with Crippen molar-refractivity contribution in [3.63, 3.8) is 0 Å². The van der Waals surface area contributed by atoms with E-state index in [-0.39, 0.29) is 5.82 Å². The second-order valence-electron chi connectivity index (χ2n) is 2.73. The van der Waals surface area contributed by atoms with E-state index in [0.717, 1.165) is 8.81 Å². The van der Waals surface area contributed by atoms with Crippen molar-refractivity contribution in [1.29, 1.82) is 0 Å². The summed E-state index contributed by atoms with van der Waals surface area (Å²) in [5.74, 6) is 0.385. The lowest BCUT2D eigenvalue weighted by Crippen LogP contribution is -1.87. The van der Waals surface area contributed by atoms with Crippen LogP contribution in [0.3, 0.4) is 0 Å². The van der Waals surface area contributed by atoms with Crippen molar-refractivity contribution >= 4 is 39.0 Å². The SMILES string of the molecule is Fc1ccc(Br)cc1CSc1nncs1. The van der Waals surface area contributed by atoms with Crippen molar-refractivity contribution in [1.82, 2.24) is 10.2 Å².